The van der Waals surface area contributed by atoms with Crippen LogP contribution in [0.15, 0.2) is 72.8 Å². The second kappa shape index (κ2) is 8.19. The van der Waals surface area contributed by atoms with Crippen molar-refractivity contribution in [3.8, 4) is 5.75 Å². The first-order valence-electron chi connectivity index (χ1n) is 9.52. The van der Waals surface area contributed by atoms with Crippen molar-refractivity contribution in [3.63, 3.8) is 0 Å². The van der Waals surface area contributed by atoms with Crippen LogP contribution < -0.4 is 15.0 Å². The topological polar surface area (TPSA) is 58.6 Å². The third kappa shape index (κ3) is 4.14. The lowest BCUT2D eigenvalue weighted by molar-refractivity contribution is -0.117. The Bertz CT molecular complexity index is 1030. The lowest BCUT2D eigenvalue weighted by Gasteiger charge is -2.18. The summed E-state index contributed by atoms with van der Waals surface area (Å²) in [6.45, 7) is 0.967. The maximum atomic E-state index is 12.6. The lowest BCUT2D eigenvalue weighted by Crippen LogP contribution is -2.26. The van der Waals surface area contributed by atoms with E-state index in [-0.39, 0.29) is 11.8 Å². The highest BCUT2D eigenvalue weighted by atomic mass is 16.5. The van der Waals surface area contributed by atoms with E-state index in [1.165, 1.54) is 0 Å². The van der Waals surface area contributed by atoms with E-state index < -0.39 is 0 Å². The SMILES string of the molecule is COc1ccc(CNC(=O)c2ccc3c(c2)CC(=O)N3Cc2ccccc2)cc1. The Labute approximate surface area is 169 Å². The van der Waals surface area contributed by atoms with Crippen molar-refractivity contribution in [1.29, 1.82) is 0 Å². The predicted molar refractivity (Wildman–Crippen MR) is 112 cm³/mol. The molecule has 0 saturated carbocycles. The molecule has 2 amide bonds. The molecule has 0 radical (unpaired) electrons. The smallest absolute Gasteiger partial charge is 0.251 e. The van der Waals surface area contributed by atoms with Crippen LogP contribution in [0.3, 0.4) is 0 Å². The number of hydrogen-bond donors (Lipinski definition) is 1. The van der Waals surface area contributed by atoms with E-state index in [0.717, 1.165) is 28.1 Å². The second-order valence-corrected chi connectivity index (χ2v) is 7.02. The average molecular weight is 386 g/mol. The van der Waals surface area contributed by atoms with Crippen molar-refractivity contribution in [2.75, 3.05) is 12.0 Å². The van der Waals surface area contributed by atoms with Gasteiger partial charge in [0.2, 0.25) is 5.91 Å². The van der Waals surface area contributed by atoms with Crippen LogP contribution in [0.2, 0.25) is 0 Å². The van der Waals surface area contributed by atoms with Gasteiger partial charge in [-0.3, -0.25) is 9.59 Å². The number of rotatable bonds is 6. The molecule has 0 aliphatic carbocycles. The summed E-state index contributed by atoms with van der Waals surface area (Å²) in [4.78, 5) is 26.8. The Kier molecular flexibility index (Phi) is 5.29. The van der Waals surface area contributed by atoms with Gasteiger partial charge in [-0.1, -0.05) is 42.5 Å². The van der Waals surface area contributed by atoms with Gasteiger partial charge in [-0.05, 0) is 47.0 Å². The summed E-state index contributed by atoms with van der Waals surface area (Å²) >= 11 is 0. The van der Waals surface area contributed by atoms with Crippen molar-refractivity contribution in [2.24, 2.45) is 0 Å². The van der Waals surface area contributed by atoms with Crippen molar-refractivity contribution < 1.29 is 14.3 Å². The number of carbonyl (C=O) groups is 2. The number of amides is 2. The fourth-order valence-corrected chi connectivity index (χ4v) is 3.49. The van der Waals surface area contributed by atoms with Crippen LogP contribution in [0, 0.1) is 0 Å². The number of anilines is 1. The van der Waals surface area contributed by atoms with Crippen LogP contribution in [0.5, 0.6) is 5.75 Å². The molecule has 1 aliphatic rings. The van der Waals surface area contributed by atoms with Gasteiger partial charge in [0.25, 0.3) is 5.91 Å². The number of benzene rings is 3. The van der Waals surface area contributed by atoms with Crippen LogP contribution in [0.4, 0.5) is 5.69 Å². The van der Waals surface area contributed by atoms with E-state index in [9.17, 15) is 9.59 Å². The number of fused-ring (bicyclic) bond motifs is 1. The van der Waals surface area contributed by atoms with Crippen LogP contribution >= 0.6 is 0 Å². The van der Waals surface area contributed by atoms with E-state index in [4.69, 9.17) is 4.74 Å². The molecule has 0 bridgehead atoms. The largest absolute Gasteiger partial charge is 0.497 e. The van der Waals surface area contributed by atoms with E-state index >= 15 is 0 Å². The van der Waals surface area contributed by atoms with Gasteiger partial charge in [0.05, 0.1) is 20.1 Å². The first-order valence-corrected chi connectivity index (χ1v) is 9.52. The van der Waals surface area contributed by atoms with Gasteiger partial charge in [0.1, 0.15) is 5.75 Å². The predicted octanol–water partition coefficient (Wildman–Crippen LogP) is 3.71. The second-order valence-electron chi connectivity index (χ2n) is 7.02. The summed E-state index contributed by atoms with van der Waals surface area (Å²) in [5.41, 5.74) is 4.40. The van der Waals surface area contributed by atoms with Crippen LogP contribution in [-0.4, -0.2) is 18.9 Å². The molecule has 0 saturated heterocycles. The molecule has 0 unspecified atom stereocenters. The number of nitrogens with zero attached hydrogens (tertiary/aromatic N) is 1. The van der Waals surface area contributed by atoms with Crippen molar-refractivity contribution in [3.05, 3.63) is 95.1 Å². The van der Waals surface area contributed by atoms with E-state index in [0.29, 0.717) is 25.1 Å². The van der Waals surface area contributed by atoms with E-state index in [2.05, 4.69) is 5.32 Å². The minimum absolute atomic E-state index is 0.0552. The molecule has 5 heteroatoms. The first kappa shape index (κ1) is 18.7. The minimum atomic E-state index is -0.155. The third-order valence-corrected chi connectivity index (χ3v) is 5.07. The Hall–Kier alpha value is -3.60. The number of nitrogens with one attached hydrogen (secondary N) is 1. The molecule has 0 atom stereocenters. The number of methoxy groups -OCH3 is 1. The first-order chi connectivity index (χ1) is 14.1. The molecule has 3 aromatic carbocycles. The molecule has 0 aromatic heterocycles. The zero-order valence-electron chi connectivity index (χ0n) is 16.2. The Morgan fingerprint density at radius 2 is 1.76 bits per heavy atom. The third-order valence-electron chi connectivity index (χ3n) is 5.07. The summed E-state index contributed by atoms with van der Waals surface area (Å²) in [6, 6.07) is 22.9. The molecule has 146 valence electrons. The van der Waals surface area contributed by atoms with Gasteiger partial charge in [-0.2, -0.15) is 0 Å². The number of ether oxygens (including phenoxy) is 1. The van der Waals surface area contributed by atoms with Crippen molar-refractivity contribution in [1.82, 2.24) is 5.32 Å². The molecule has 0 fully saturated rings. The minimum Gasteiger partial charge on any atom is -0.497 e. The fraction of sp³-hybridized carbons (Fsp3) is 0.167. The van der Waals surface area contributed by atoms with Gasteiger partial charge < -0.3 is 15.0 Å². The highest BCUT2D eigenvalue weighted by molar-refractivity contribution is 6.03. The monoisotopic (exact) mass is 386 g/mol. The molecule has 5 nitrogen and oxygen atoms in total. The standard InChI is InChI=1S/C24H22N2O3/c1-29-21-10-7-17(8-11-21)15-25-24(28)19-9-12-22-20(13-19)14-23(27)26(22)16-18-5-3-2-4-6-18/h2-13H,14-16H2,1H3,(H,25,28). The molecule has 3 aromatic rings. The molecular formula is C24H22N2O3. The average Bonchev–Trinajstić information content (AvgIpc) is 3.07. The van der Waals surface area contributed by atoms with E-state index in [1.54, 1.807) is 18.1 Å². The van der Waals surface area contributed by atoms with Crippen molar-refractivity contribution >= 4 is 17.5 Å². The maximum Gasteiger partial charge on any atom is 0.251 e. The van der Waals surface area contributed by atoms with Gasteiger partial charge in [-0.25, -0.2) is 0 Å². The highest BCUT2D eigenvalue weighted by Crippen LogP contribution is 2.31. The Morgan fingerprint density at radius 3 is 2.48 bits per heavy atom. The van der Waals surface area contributed by atoms with Crippen molar-refractivity contribution in [2.45, 2.75) is 19.5 Å². The van der Waals surface area contributed by atoms with Gasteiger partial charge >= 0.3 is 0 Å². The Morgan fingerprint density at radius 1 is 1.00 bits per heavy atom. The summed E-state index contributed by atoms with van der Waals surface area (Å²) in [5.74, 6) is 0.681. The zero-order valence-corrected chi connectivity index (χ0v) is 16.2. The number of hydrogen-bond acceptors (Lipinski definition) is 3. The zero-order chi connectivity index (χ0) is 20.2. The molecular weight excluding hydrogens is 364 g/mol. The summed E-state index contributed by atoms with van der Waals surface area (Å²) in [5, 5.41) is 2.93. The lowest BCUT2D eigenvalue weighted by atomic mass is 10.1. The quantitative estimate of drug-likeness (QED) is 0.703. The molecule has 4 rings (SSSR count). The van der Waals surface area contributed by atoms with Crippen LogP contribution in [-0.2, 0) is 24.3 Å². The molecule has 29 heavy (non-hydrogen) atoms. The van der Waals surface area contributed by atoms with Crippen LogP contribution in [0.25, 0.3) is 0 Å². The molecule has 0 spiro atoms. The normalized spacial score (nSPS) is 12.6. The molecule has 1 N–H and O–H groups in total. The summed E-state index contributed by atoms with van der Waals surface area (Å²) in [6.07, 6.45) is 0.321. The summed E-state index contributed by atoms with van der Waals surface area (Å²) in [7, 11) is 1.62. The van der Waals surface area contributed by atoms with Gasteiger partial charge in [0, 0.05) is 17.8 Å². The molecule has 1 aliphatic heterocycles. The van der Waals surface area contributed by atoms with Crippen LogP contribution in [0.1, 0.15) is 27.0 Å². The maximum absolute atomic E-state index is 12.6. The Balaban J connectivity index is 1.44. The highest BCUT2D eigenvalue weighted by Gasteiger charge is 2.28. The summed E-state index contributed by atoms with van der Waals surface area (Å²) < 4.78 is 5.14. The fourth-order valence-electron chi connectivity index (χ4n) is 3.49. The molecule has 1 heterocycles. The van der Waals surface area contributed by atoms with E-state index in [1.807, 2.05) is 66.7 Å². The van der Waals surface area contributed by atoms with Gasteiger partial charge in [-0.15, -0.1) is 0 Å². The number of carbonyl (C=O) groups excluding carboxylic acids is 2. The van der Waals surface area contributed by atoms with Gasteiger partial charge in [0.15, 0.2) is 0 Å².